The van der Waals surface area contributed by atoms with Crippen LogP contribution in [0.15, 0.2) is 54.7 Å². The first-order valence-electron chi connectivity index (χ1n) is 11.9. The Kier molecular flexibility index (Phi) is 6.87. The molecule has 182 valence electrons. The van der Waals surface area contributed by atoms with E-state index >= 15 is 0 Å². The van der Waals surface area contributed by atoms with Gasteiger partial charge in [-0.15, -0.1) is 0 Å². The topological polar surface area (TPSA) is 89.8 Å². The zero-order valence-corrected chi connectivity index (χ0v) is 19.8. The van der Waals surface area contributed by atoms with E-state index in [1.165, 1.54) is 0 Å². The van der Waals surface area contributed by atoms with E-state index in [4.69, 9.17) is 14.6 Å². The Balaban J connectivity index is 1.45. The SMILES string of the molecule is CO[C@H](C(=O)N1CCc2c(c(C(=O)N3CCOCC3)nn2Cc2ccccn2)C1)c1ccccc1. The van der Waals surface area contributed by atoms with Crippen molar-refractivity contribution in [3.63, 3.8) is 0 Å². The highest BCUT2D eigenvalue weighted by Gasteiger charge is 2.35. The van der Waals surface area contributed by atoms with Gasteiger partial charge in [0.15, 0.2) is 11.8 Å². The van der Waals surface area contributed by atoms with E-state index in [2.05, 4.69) is 4.98 Å². The van der Waals surface area contributed by atoms with Crippen LogP contribution in [0.5, 0.6) is 0 Å². The van der Waals surface area contributed by atoms with Crippen molar-refractivity contribution in [2.75, 3.05) is 40.0 Å². The van der Waals surface area contributed by atoms with Crippen molar-refractivity contribution >= 4 is 11.8 Å². The van der Waals surface area contributed by atoms with Crippen LogP contribution in [0, 0.1) is 0 Å². The number of carbonyl (C=O) groups excluding carboxylic acids is 2. The first kappa shape index (κ1) is 23.2. The van der Waals surface area contributed by atoms with Crippen LogP contribution in [0.2, 0.25) is 0 Å². The molecule has 0 aliphatic carbocycles. The highest BCUT2D eigenvalue weighted by molar-refractivity contribution is 5.94. The Bertz CT molecular complexity index is 1180. The summed E-state index contributed by atoms with van der Waals surface area (Å²) in [4.78, 5) is 34.9. The van der Waals surface area contributed by atoms with Crippen molar-refractivity contribution in [1.82, 2.24) is 24.6 Å². The maximum atomic E-state index is 13.5. The number of hydrogen-bond donors (Lipinski definition) is 0. The number of fused-ring (bicyclic) bond motifs is 1. The van der Waals surface area contributed by atoms with E-state index < -0.39 is 6.10 Å². The highest BCUT2D eigenvalue weighted by atomic mass is 16.5. The maximum absolute atomic E-state index is 13.5. The van der Waals surface area contributed by atoms with Gasteiger partial charge in [0, 0.05) is 57.2 Å². The Labute approximate surface area is 204 Å². The summed E-state index contributed by atoms with van der Waals surface area (Å²) in [5.74, 6) is -0.239. The molecule has 0 unspecified atom stereocenters. The summed E-state index contributed by atoms with van der Waals surface area (Å²) in [6.45, 7) is 3.40. The highest BCUT2D eigenvalue weighted by Crippen LogP contribution is 2.28. The number of hydrogen-bond acceptors (Lipinski definition) is 6. The van der Waals surface area contributed by atoms with Gasteiger partial charge in [0.1, 0.15) is 0 Å². The fourth-order valence-electron chi connectivity index (χ4n) is 4.72. The molecule has 9 nitrogen and oxygen atoms in total. The summed E-state index contributed by atoms with van der Waals surface area (Å²) in [5.41, 5.74) is 3.86. The number of amides is 2. The summed E-state index contributed by atoms with van der Waals surface area (Å²) < 4.78 is 12.9. The number of methoxy groups -OCH3 is 1. The van der Waals surface area contributed by atoms with Crippen LogP contribution in [0.3, 0.4) is 0 Å². The minimum atomic E-state index is -0.695. The van der Waals surface area contributed by atoms with E-state index in [9.17, 15) is 9.59 Å². The molecule has 1 saturated heterocycles. The Hall–Kier alpha value is -3.56. The summed E-state index contributed by atoms with van der Waals surface area (Å²) in [6, 6.07) is 15.2. The van der Waals surface area contributed by atoms with Gasteiger partial charge >= 0.3 is 0 Å². The molecule has 2 aromatic heterocycles. The number of morpholine rings is 1. The van der Waals surface area contributed by atoms with Gasteiger partial charge in [-0.05, 0) is 17.7 Å². The van der Waals surface area contributed by atoms with Crippen molar-refractivity contribution in [3.8, 4) is 0 Å². The van der Waals surface area contributed by atoms with Crippen LogP contribution in [0.1, 0.15) is 39.1 Å². The summed E-state index contributed by atoms with van der Waals surface area (Å²) in [5, 5.41) is 4.75. The fourth-order valence-corrected chi connectivity index (χ4v) is 4.72. The molecule has 0 spiro atoms. The molecule has 9 heteroatoms. The van der Waals surface area contributed by atoms with Crippen molar-refractivity contribution in [2.24, 2.45) is 0 Å². The molecule has 2 amide bonds. The summed E-state index contributed by atoms with van der Waals surface area (Å²) in [7, 11) is 1.54. The number of aromatic nitrogens is 3. The molecular weight excluding hydrogens is 446 g/mol. The van der Waals surface area contributed by atoms with Crippen molar-refractivity contribution < 1.29 is 19.1 Å². The van der Waals surface area contributed by atoms with E-state index in [0.717, 1.165) is 22.5 Å². The molecule has 1 aromatic carbocycles. The minimum Gasteiger partial charge on any atom is -0.378 e. The Morgan fingerprint density at radius 3 is 2.51 bits per heavy atom. The predicted molar refractivity (Wildman–Crippen MR) is 128 cm³/mol. The number of benzene rings is 1. The van der Waals surface area contributed by atoms with Crippen LogP contribution in [0.25, 0.3) is 0 Å². The molecule has 1 fully saturated rings. The Morgan fingerprint density at radius 2 is 1.80 bits per heavy atom. The molecule has 4 heterocycles. The van der Waals surface area contributed by atoms with Crippen LogP contribution >= 0.6 is 0 Å². The van der Waals surface area contributed by atoms with Gasteiger partial charge in [-0.25, -0.2) is 0 Å². The van der Waals surface area contributed by atoms with Gasteiger partial charge in [0.05, 0.1) is 25.5 Å². The number of carbonyl (C=O) groups is 2. The van der Waals surface area contributed by atoms with Gasteiger partial charge in [-0.3, -0.25) is 19.3 Å². The van der Waals surface area contributed by atoms with Crippen LogP contribution in [0.4, 0.5) is 0 Å². The van der Waals surface area contributed by atoms with E-state index in [-0.39, 0.29) is 11.8 Å². The molecule has 0 saturated carbocycles. The molecule has 3 aromatic rings. The minimum absolute atomic E-state index is 0.119. The lowest BCUT2D eigenvalue weighted by Crippen LogP contribution is -2.42. The third kappa shape index (κ3) is 4.82. The largest absolute Gasteiger partial charge is 0.378 e. The predicted octanol–water partition coefficient (Wildman–Crippen LogP) is 2.07. The Morgan fingerprint density at radius 1 is 1.03 bits per heavy atom. The fraction of sp³-hybridized carbons (Fsp3) is 0.385. The zero-order valence-electron chi connectivity index (χ0n) is 19.8. The molecule has 0 radical (unpaired) electrons. The van der Waals surface area contributed by atoms with Crippen molar-refractivity contribution in [3.05, 3.63) is 82.9 Å². The first-order valence-corrected chi connectivity index (χ1v) is 11.9. The standard InChI is InChI=1S/C26H29N5O4/c1-34-24(19-7-3-2-4-8-19)26(33)30-12-10-22-21(18-30)23(25(32)29-13-15-35-16-14-29)28-31(22)17-20-9-5-6-11-27-20/h2-9,11,24H,10,12-18H2,1H3/t24-/m0/s1. The van der Waals surface area contributed by atoms with Gasteiger partial charge in [0.25, 0.3) is 11.8 Å². The molecule has 1 atom stereocenters. The monoisotopic (exact) mass is 475 g/mol. The molecule has 2 aliphatic heterocycles. The third-order valence-corrected chi connectivity index (χ3v) is 6.55. The van der Waals surface area contributed by atoms with Gasteiger partial charge in [0.2, 0.25) is 0 Å². The second kappa shape index (κ2) is 10.4. The van der Waals surface area contributed by atoms with Crippen molar-refractivity contribution in [2.45, 2.75) is 25.6 Å². The lowest BCUT2D eigenvalue weighted by molar-refractivity contribution is -0.143. The average Bonchev–Trinajstić information content (AvgIpc) is 3.27. The second-order valence-corrected chi connectivity index (χ2v) is 8.69. The molecule has 0 bridgehead atoms. The zero-order chi connectivity index (χ0) is 24.2. The van der Waals surface area contributed by atoms with Crippen LogP contribution in [-0.4, -0.2) is 76.3 Å². The number of pyridine rings is 1. The van der Waals surface area contributed by atoms with E-state index in [1.807, 2.05) is 53.2 Å². The summed E-state index contributed by atoms with van der Waals surface area (Å²) >= 11 is 0. The third-order valence-electron chi connectivity index (χ3n) is 6.55. The summed E-state index contributed by atoms with van der Waals surface area (Å²) in [6.07, 6.45) is 1.65. The lowest BCUT2D eigenvalue weighted by atomic mass is 10.0. The van der Waals surface area contributed by atoms with Gasteiger partial charge in [-0.2, -0.15) is 5.10 Å². The second-order valence-electron chi connectivity index (χ2n) is 8.69. The van der Waals surface area contributed by atoms with Gasteiger partial charge in [-0.1, -0.05) is 36.4 Å². The molecule has 5 rings (SSSR count). The molecule has 2 aliphatic rings. The van der Waals surface area contributed by atoms with Crippen LogP contribution in [-0.2, 0) is 33.8 Å². The molecular formula is C26H29N5O4. The number of rotatable bonds is 6. The molecule has 0 N–H and O–H groups in total. The first-order chi connectivity index (χ1) is 17.2. The molecule has 35 heavy (non-hydrogen) atoms. The smallest absolute Gasteiger partial charge is 0.274 e. The average molecular weight is 476 g/mol. The quantitative estimate of drug-likeness (QED) is 0.542. The number of ether oxygens (including phenoxy) is 2. The van der Waals surface area contributed by atoms with E-state index in [1.54, 1.807) is 23.1 Å². The van der Waals surface area contributed by atoms with E-state index in [0.29, 0.717) is 58.1 Å². The maximum Gasteiger partial charge on any atom is 0.274 e. The normalized spacial score (nSPS) is 16.6. The van der Waals surface area contributed by atoms with Crippen LogP contribution < -0.4 is 0 Å². The lowest BCUT2D eigenvalue weighted by Gasteiger charge is -2.31. The number of nitrogens with zero attached hydrogens (tertiary/aromatic N) is 5. The van der Waals surface area contributed by atoms with Gasteiger partial charge < -0.3 is 19.3 Å². The van der Waals surface area contributed by atoms with Crippen molar-refractivity contribution in [1.29, 1.82) is 0 Å².